The van der Waals surface area contributed by atoms with Crippen LogP contribution < -0.4 is 0 Å². The molecule has 1 heterocycles. The first-order valence-electron chi connectivity index (χ1n) is 3.65. The second-order valence-corrected chi connectivity index (χ2v) is 6.77. The largest absolute Gasteiger partial charge is 0.248 e. The SMILES string of the molecule is O=S(=O)(Cl)CCSc1ncccc1Cl. The minimum atomic E-state index is -3.43. The van der Waals surface area contributed by atoms with Crippen molar-refractivity contribution in [1.29, 1.82) is 0 Å². The first kappa shape index (κ1) is 12.1. The minimum absolute atomic E-state index is 0.0911. The zero-order valence-electron chi connectivity index (χ0n) is 6.98. The maximum atomic E-state index is 10.6. The molecule has 1 aromatic heterocycles. The highest BCUT2D eigenvalue weighted by atomic mass is 35.7. The van der Waals surface area contributed by atoms with Crippen molar-refractivity contribution in [3.8, 4) is 0 Å². The van der Waals surface area contributed by atoms with E-state index in [0.717, 1.165) is 0 Å². The quantitative estimate of drug-likeness (QED) is 0.623. The van der Waals surface area contributed by atoms with Gasteiger partial charge in [-0.2, -0.15) is 0 Å². The Morgan fingerprint density at radius 2 is 2.21 bits per heavy atom. The lowest BCUT2D eigenvalue weighted by atomic mass is 10.5. The lowest BCUT2D eigenvalue weighted by Crippen LogP contribution is -1.99. The molecule has 0 amide bonds. The predicted molar refractivity (Wildman–Crippen MR) is 59.6 cm³/mol. The van der Waals surface area contributed by atoms with Crippen molar-refractivity contribution in [3.05, 3.63) is 23.4 Å². The highest BCUT2D eigenvalue weighted by Gasteiger charge is 2.07. The van der Waals surface area contributed by atoms with E-state index in [9.17, 15) is 8.42 Å². The molecule has 3 nitrogen and oxygen atoms in total. The van der Waals surface area contributed by atoms with Gasteiger partial charge in [0.25, 0.3) is 0 Å². The topological polar surface area (TPSA) is 47.0 Å². The fraction of sp³-hybridized carbons (Fsp3) is 0.286. The molecule has 1 aromatic rings. The summed E-state index contributed by atoms with van der Waals surface area (Å²) in [5.41, 5.74) is 0. The van der Waals surface area contributed by atoms with E-state index in [1.807, 2.05) is 0 Å². The maximum absolute atomic E-state index is 10.6. The Hall–Kier alpha value is 0.0300. The van der Waals surface area contributed by atoms with Crippen LogP contribution in [0.1, 0.15) is 0 Å². The standard InChI is InChI=1S/C7H7Cl2NO2S2/c8-6-2-1-3-10-7(6)13-4-5-14(9,11)12/h1-3H,4-5H2. The molecule has 78 valence electrons. The smallest absolute Gasteiger partial charge is 0.233 e. The Bertz CT molecular complexity index is 408. The van der Waals surface area contributed by atoms with Crippen LogP contribution in [0.3, 0.4) is 0 Å². The van der Waals surface area contributed by atoms with Gasteiger partial charge in [-0.3, -0.25) is 0 Å². The molecule has 0 aliphatic heterocycles. The molecule has 7 heteroatoms. The van der Waals surface area contributed by atoms with Crippen LogP contribution in [-0.2, 0) is 9.05 Å². The summed E-state index contributed by atoms with van der Waals surface area (Å²) >= 11 is 7.08. The van der Waals surface area contributed by atoms with Crippen molar-refractivity contribution in [2.24, 2.45) is 0 Å². The number of hydrogen-bond acceptors (Lipinski definition) is 4. The fourth-order valence-electron chi connectivity index (χ4n) is 0.715. The van der Waals surface area contributed by atoms with Gasteiger partial charge in [0.05, 0.1) is 10.8 Å². The van der Waals surface area contributed by atoms with E-state index in [0.29, 0.717) is 15.8 Å². The second-order valence-electron chi connectivity index (χ2n) is 2.38. The first-order chi connectivity index (χ1) is 6.49. The average molecular weight is 272 g/mol. The molecule has 0 aromatic carbocycles. The van der Waals surface area contributed by atoms with Gasteiger partial charge >= 0.3 is 0 Å². The van der Waals surface area contributed by atoms with Gasteiger partial charge in [0.1, 0.15) is 5.03 Å². The first-order valence-corrected chi connectivity index (χ1v) is 7.49. The third kappa shape index (κ3) is 4.50. The Morgan fingerprint density at radius 1 is 1.50 bits per heavy atom. The normalized spacial score (nSPS) is 11.6. The van der Waals surface area contributed by atoms with Gasteiger partial charge in [0.15, 0.2) is 0 Å². The lowest BCUT2D eigenvalue weighted by Gasteiger charge is -2.00. The highest BCUT2D eigenvalue weighted by Crippen LogP contribution is 2.24. The molecule has 0 aliphatic carbocycles. The summed E-state index contributed by atoms with van der Waals surface area (Å²) in [6, 6.07) is 3.41. The van der Waals surface area contributed by atoms with Crippen LogP contribution in [0.25, 0.3) is 0 Å². The monoisotopic (exact) mass is 271 g/mol. The second kappa shape index (κ2) is 5.21. The van der Waals surface area contributed by atoms with Crippen LogP contribution in [0.2, 0.25) is 5.02 Å². The number of thioether (sulfide) groups is 1. The molecule has 0 saturated carbocycles. The summed E-state index contributed by atoms with van der Waals surface area (Å²) in [5, 5.41) is 1.14. The highest BCUT2D eigenvalue weighted by molar-refractivity contribution is 8.14. The molecule has 0 atom stereocenters. The van der Waals surface area contributed by atoms with Gasteiger partial charge in [-0.1, -0.05) is 11.6 Å². The molecule has 0 bridgehead atoms. The van der Waals surface area contributed by atoms with Crippen molar-refractivity contribution < 1.29 is 8.42 Å². The van der Waals surface area contributed by atoms with E-state index in [-0.39, 0.29) is 5.75 Å². The van der Waals surface area contributed by atoms with Gasteiger partial charge < -0.3 is 0 Å². The van der Waals surface area contributed by atoms with Crippen molar-refractivity contribution in [1.82, 2.24) is 4.98 Å². The summed E-state index contributed by atoms with van der Waals surface area (Å²) in [6.45, 7) is 0. The molecule has 0 aliphatic rings. The zero-order valence-corrected chi connectivity index (χ0v) is 10.1. The molecular weight excluding hydrogens is 265 g/mol. The molecule has 0 saturated heterocycles. The molecule has 0 radical (unpaired) electrons. The fourth-order valence-corrected chi connectivity index (χ4v) is 3.23. The molecule has 0 N–H and O–H groups in total. The van der Waals surface area contributed by atoms with E-state index in [2.05, 4.69) is 4.98 Å². The third-order valence-corrected chi connectivity index (χ3v) is 4.13. The van der Waals surface area contributed by atoms with E-state index < -0.39 is 9.05 Å². The lowest BCUT2D eigenvalue weighted by molar-refractivity contribution is 0.611. The van der Waals surface area contributed by atoms with Crippen LogP contribution in [0.15, 0.2) is 23.4 Å². The molecule has 0 spiro atoms. The Kier molecular flexibility index (Phi) is 4.50. The van der Waals surface area contributed by atoms with Gasteiger partial charge in [0.2, 0.25) is 9.05 Å². The Morgan fingerprint density at radius 3 is 2.79 bits per heavy atom. The number of halogens is 2. The van der Waals surface area contributed by atoms with E-state index in [1.54, 1.807) is 18.3 Å². The van der Waals surface area contributed by atoms with Crippen LogP contribution in [0.4, 0.5) is 0 Å². The molecular formula is C7H7Cl2NO2S2. The van der Waals surface area contributed by atoms with E-state index in [4.69, 9.17) is 22.3 Å². The average Bonchev–Trinajstić information content (AvgIpc) is 2.06. The van der Waals surface area contributed by atoms with Crippen molar-refractivity contribution in [2.75, 3.05) is 11.5 Å². The van der Waals surface area contributed by atoms with E-state index >= 15 is 0 Å². The Balaban J connectivity index is 2.51. The third-order valence-electron chi connectivity index (χ3n) is 1.29. The number of aromatic nitrogens is 1. The number of rotatable bonds is 4. The maximum Gasteiger partial charge on any atom is 0.233 e. The number of nitrogens with zero attached hydrogens (tertiary/aromatic N) is 1. The van der Waals surface area contributed by atoms with Crippen molar-refractivity contribution >= 4 is 43.1 Å². The van der Waals surface area contributed by atoms with Gasteiger partial charge in [-0.05, 0) is 12.1 Å². The van der Waals surface area contributed by atoms with Gasteiger partial charge in [-0.25, -0.2) is 13.4 Å². The van der Waals surface area contributed by atoms with Crippen LogP contribution >= 0.6 is 34.0 Å². The summed E-state index contributed by atoms with van der Waals surface area (Å²) in [6.07, 6.45) is 1.60. The van der Waals surface area contributed by atoms with Crippen LogP contribution in [0, 0.1) is 0 Å². The molecule has 0 unspecified atom stereocenters. The predicted octanol–water partition coefficient (Wildman–Crippen LogP) is 2.40. The molecule has 1 rings (SSSR count). The van der Waals surface area contributed by atoms with Gasteiger partial charge in [0, 0.05) is 22.6 Å². The van der Waals surface area contributed by atoms with Crippen molar-refractivity contribution in [2.45, 2.75) is 5.03 Å². The minimum Gasteiger partial charge on any atom is -0.248 e. The number of pyridine rings is 1. The van der Waals surface area contributed by atoms with Gasteiger partial charge in [-0.15, -0.1) is 11.8 Å². The Labute approximate surface area is 96.2 Å². The van der Waals surface area contributed by atoms with Crippen LogP contribution in [-0.4, -0.2) is 24.9 Å². The van der Waals surface area contributed by atoms with Crippen molar-refractivity contribution in [3.63, 3.8) is 0 Å². The summed E-state index contributed by atoms with van der Waals surface area (Å²) in [5.74, 6) is 0.259. The molecule has 0 fully saturated rings. The van der Waals surface area contributed by atoms with E-state index in [1.165, 1.54) is 11.8 Å². The zero-order chi connectivity index (χ0) is 10.6. The summed E-state index contributed by atoms with van der Waals surface area (Å²) < 4.78 is 21.2. The summed E-state index contributed by atoms with van der Waals surface area (Å²) in [7, 11) is 1.62. The summed E-state index contributed by atoms with van der Waals surface area (Å²) in [4.78, 5) is 3.99. The molecule has 14 heavy (non-hydrogen) atoms. The number of hydrogen-bond donors (Lipinski definition) is 0. The van der Waals surface area contributed by atoms with Crippen LogP contribution in [0.5, 0.6) is 0 Å².